The SMILES string of the molecule is CCCCCCc1cc(C)cc(N=CC(C)=Nc2cc(CCCCCC)cc(-c3ccccc3)c2)c1. The van der Waals surface area contributed by atoms with Crippen molar-refractivity contribution in [3.8, 4) is 11.1 Å². The summed E-state index contributed by atoms with van der Waals surface area (Å²) < 4.78 is 0. The Morgan fingerprint density at radius 3 is 1.97 bits per heavy atom. The van der Waals surface area contributed by atoms with Gasteiger partial charge in [-0.2, -0.15) is 0 Å². The van der Waals surface area contributed by atoms with Gasteiger partial charge >= 0.3 is 0 Å². The Morgan fingerprint density at radius 2 is 1.31 bits per heavy atom. The van der Waals surface area contributed by atoms with Crippen molar-refractivity contribution in [2.24, 2.45) is 9.98 Å². The van der Waals surface area contributed by atoms with Gasteiger partial charge in [0.1, 0.15) is 0 Å². The fraction of sp³-hybridized carbons (Fsp3) is 0.412. The summed E-state index contributed by atoms with van der Waals surface area (Å²) in [6, 6.07) is 24.1. The molecule has 36 heavy (non-hydrogen) atoms. The molecule has 2 nitrogen and oxygen atoms in total. The van der Waals surface area contributed by atoms with Crippen LogP contribution in [0, 0.1) is 6.92 Å². The predicted octanol–water partition coefficient (Wildman–Crippen LogP) is 10.4. The lowest BCUT2D eigenvalue weighted by molar-refractivity contribution is 0.667. The van der Waals surface area contributed by atoms with Gasteiger partial charge in [-0.05, 0) is 91.6 Å². The van der Waals surface area contributed by atoms with E-state index < -0.39 is 0 Å². The first-order chi connectivity index (χ1) is 17.6. The molecule has 0 aliphatic carbocycles. The largest absolute Gasteiger partial charge is 0.255 e. The topological polar surface area (TPSA) is 24.7 Å². The first-order valence-corrected chi connectivity index (χ1v) is 14.0. The summed E-state index contributed by atoms with van der Waals surface area (Å²) >= 11 is 0. The third-order valence-corrected chi connectivity index (χ3v) is 6.55. The van der Waals surface area contributed by atoms with Crippen molar-refractivity contribution in [2.75, 3.05) is 0 Å². The van der Waals surface area contributed by atoms with Gasteiger partial charge in [0.15, 0.2) is 0 Å². The Hall–Kier alpha value is -3.00. The van der Waals surface area contributed by atoms with Crippen molar-refractivity contribution in [3.63, 3.8) is 0 Å². The molecule has 0 bridgehead atoms. The lowest BCUT2D eigenvalue weighted by Crippen LogP contribution is -1.93. The van der Waals surface area contributed by atoms with Crippen molar-refractivity contribution < 1.29 is 0 Å². The summed E-state index contributed by atoms with van der Waals surface area (Å²) in [6.07, 6.45) is 14.4. The number of rotatable bonds is 14. The minimum atomic E-state index is 0.920. The number of hydrogen-bond acceptors (Lipinski definition) is 2. The highest BCUT2D eigenvalue weighted by Crippen LogP contribution is 2.28. The molecule has 3 aromatic carbocycles. The van der Waals surface area contributed by atoms with Gasteiger partial charge in [-0.3, -0.25) is 9.98 Å². The number of aliphatic imine (C=N–C) groups is 2. The maximum Gasteiger partial charge on any atom is 0.0642 e. The van der Waals surface area contributed by atoms with E-state index in [0.29, 0.717) is 0 Å². The molecule has 0 spiro atoms. The molecule has 2 heteroatoms. The Balaban J connectivity index is 1.78. The fourth-order valence-electron chi connectivity index (χ4n) is 4.65. The van der Waals surface area contributed by atoms with E-state index in [9.17, 15) is 0 Å². The standard InChI is InChI=1S/C34H44N2/c1-5-7-9-12-16-29-20-27(3)21-33(23-29)35-26-28(4)36-34-24-30(17-13-10-8-6-2)22-32(25-34)31-18-14-11-15-19-31/h11,14-15,18-26H,5-10,12-13,16-17H2,1-4H3. The molecular formula is C34H44N2. The maximum absolute atomic E-state index is 4.95. The van der Waals surface area contributed by atoms with Gasteiger partial charge in [-0.1, -0.05) is 94.8 Å². The smallest absolute Gasteiger partial charge is 0.0642 e. The van der Waals surface area contributed by atoms with Gasteiger partial charge in [-0.15, -0.1) is 0 Å². The van der Waals surface area contributed by atoms with Crippen molar-refractivity contribution in [1.82, 2.24) is 0 Å². The summed E-state index contributed by atoms with van der Waals surface area (Å²) in [5.74, 6) is 0. The van der Waals surface area contributed by atoms with Crippen LogP contribution in [-0.2, 0) is 12.8 Å². The summed E-state index contributed by atoms with van der Waals surface area (Å²) in [6.45, 7) is 8.72. The maximum atomic E-state index is 4.95. The summed E-state index contributed by atoms with van der Waals surface area (Å²) in [5, 5.41) is 0. The van der Waals surface area contributed by atoms with E-state index in [1.807, 2.05) is 13.1 Å². The molecule has 0 fully saturated rings. The van der Waals surface area contributed by atoms with Gasteiger partial charge in [0.25, 0.3) is 0 Å². The molecule has 0 aromatic heterocycles. The highest BCUT2D eigenvalue weighted by molar-refractivity contribution is 6.30. The average Bonchev–Trinajstić information content (AvgIpc) is 2.88. The van der Waals surface area contributed by atoms with Crippen LogP contribution < -0.4 is 0 Å². The fourth-order valence-corrected chi connectivity index (χ4v) is 4.65. The number of hydrogen-bond donors (Lipinski definition) is 0. The molecule has 0 radical (unpaired) electrons. The number of nitrogens with zero attached hydrogens (tertiary/aromatic N) is 2. The van der Waals surface area contributed by atoms with Crippen LogP contribution in [0.4, 0.5) is 11.4 Å². The zero-order valence-electron chi connectivity index (χ0n) is 22.9. The second-order valence-electron chi connectivity index (χ2n) is 10.1. The van der Waals surface area contributed by atoms with Crippen LogP contribution in [0.3, 0.4) is 0 Å². The normalized spacial score (nSPS) is 11.9. The van der Waals surface area contributed by atoms with Gasteiger partial charge < -0.3 is 0 Å². The molecule has 0 aliphatic heterocycles. The first kappa shape index (κ1) is 27.6. The Kier molecular flexibility index (Phi) is 11.6. The lowest BCUT2D eigenvalue weighted by atomic mass is 9.99. The van der Waals surface area contributed by atoms with E-state index >= 15 is 0 Å². The molecule has 0 atom stereocenters. The van der Waals surface area contributed by atoms with E-state index in [1.165, 1.54) is 79.2 Å². The van der Waals surface area contributed by atoms with E-state index in [0.717, 1.165) is 29.9 Å². The second kappa shape index (κ2) is 15.2. The van der Waals surface area contributed by atoms with Crippen LogP contribution >= 0.6 is 0 Å². The van der Waals surface area contributed by atoms with Gasteiger partial charge in [-0.25, -0.2) is 0 Å². The van der Waals surface area contributed by atoms with E-state index in [4.69, 9.17) is 9.98 Å². The van der Waals surface area contributed by atoms with Crippen LogP contribution in [0.1, 0.15) is 88.8 Å². The highest BCUT2D eigenvalue weighted by Gasteiger charge is 2.05. The molecule has 0 aliphatic rings. The Bertz CT molecular complexity index is 1130. The molecule has 0 N–H and O–H groups in total. The number of unbranched alkanes of at least 4 members (excludes halogenated alkanes) is 6. The van der Waals surface area contributed by atoms with Crippen molar-refractivity contribution in [2.45, 2.75) is 91.9 Å². The van der Waals surface area contributed by atoms with E-state index in [1.54, 1.807) is 0 Å². The quantitative estimate of drug-likeness (QED) is 0.162. The van der Waals surface area contributed by atoms with Crippen molar-refractivity contribution >= 4 is 23.3 Å². The zero-order chi connectivity index (χ0) is 25.6. The third kappa shape index (κ3) is 9.57. The number of benzene rings is 3. The van der Waals surface area contributed by atoms with Crippen LogP contribution in [0.15, 0.2) is 76.7 Å². The van der Waals surface area contributed by atoms with Crippen LogP contribution in [-0.4, -0.2) is 11.9 Å². The number of aryl methyl sites for hydroxylation is 3. The zero-order valence-corrected chi connectivity index (χ0v) is 22.9. The van der Waals surface area contributed by atoms with Crippen molar-refractivity contribution in [3.05, 3.63) is 83.4 Å². The van der Waals surface area contributed by atoms with Crippen LogP contribution in [0.25, 0.3) is 11.1 Å². The Labute approximate surface area is 219 Å². The highest BCUT2D eigenvalue weighted by atomic mass is 14.8. The molecule has 0 saturated heterocycles. The molecular weight excluding hydrogens is 436 g/mol. The molecule has 0 heterocycles. The van der Waals surface area contributed by atoms with E-state index in [-0.39, 0.29) is 0 Å². The van der Waals surface area contributed by atoms with Crippen LogP contribution in [0.5, 0.6) is 0 Å². The molecule has 190 valence electrons. The molecule has 0 saturated carbocycles. The molecule has 0 amide bonds. The second-order valence-corrected chi connectivity index (χ2v) is 10.1. The summed E-state index contributed by atoms with van der Waals surface area (Å²) in [7, 11) is 0. The molecule has 3 aromatic rings. The van der Waals surface area contributed by atoms with E-state index in [2.05, 4.69) is 87.5 Å². The van der Waals surface area contributed by atoms with Crippen molar-refractivity contribution in [1.29, 1.82) is 0 Å². The monoisotopic (exact) mass is 480 g/mol. The minimum absolute atomic E-state index is 0.920. The first-order valence-electron chi connectivity index (χ1n) is 14.0. The third-order valence-electron chi connectivity index (χ3n) is 6.55. The predicted molar refractivity (Wildman–Crippen MR) is 160 cm³/mol. The van der Waals surface area contributed by atoms with Crippen LogP contribution in [0.2, 0.25) is 0 Å². The summed E-state index contributed by atoms with van der Waals surface area (Å²) in [5.41, 5.74) is 9.44. The van der Waals surface area contributed by atoms with Gasteiger partial charge in [0, 0.05) is 6.21 Å². The average molecular weight is 481 g/mol. The lowest BCUT2D eigenvalue weighted by Gasteiger charge is -2.09. The molecule has 3 rings (SSSR count). The molecule has 0 unspecified atom stereocenters. The summed E-state index contributed by atoms with van der Waals surface area (Å²) in [4.78, 5) is 9.73. The Morgan fingerprint density at radius 1 is 0.667 bits per heavy atom. The minimum Gasteiger partial charge on any atom is -0.255 e. The van der Waals surface area contributed by atoms with Gasteiger partial charge in [0.05, 0.1) is 17.1 Å². The van der Waals surface area contributed by atoms with Gasteiger partial charge in [0.2, 0.25) is 0 Å².